The molecule has 2 unspecified atom stereocenters. The summed E-state index contributed by atoms with van der Waals surface area (Å²) < 4.78 is 5.67. The number of aliphatic hydroxyl groups is 1. The molecule has 1 aliphatic rings. The van der Waals surface area contributed by atoms with E-state index in [1.807, 2.05) is 6.92 Å². The second kappa shape index (κ2) is 4.69. The van der Waals surface area contributed by atoms with Crippen molar-refractivity contribution in [1.82, 2.24) is 0 Å². The highest BCUT2D eigenvalue weighted by Crippen LogP contribution is 2.38. The van der Waals surface area contributed by atoms with Gasteiger partial charge in [0.25, 0.3) is 0 Å². The maximum atomic E-state index is 9.84. The molecule has 4 atom stereocenters. The van der Waals surface area contributed by atoms with E-state index in [-0.39, 0.29) is 23.1 Å². The minimum Gasteiger partial charge on any atom is -0.389 e. The molecule has 2 nitrogen and oxygen atoms in total. The smallest absolute Gasteiger partial charge is 0.0951 e. The van der Waals surface area contributed by atoms with E-state index in [2.05, 4.69) is 35.6 Å². The molecule has 0 aromatic heterocycles. The molecule has 1 aliphatic heterocycles. The molecular formula is C10H20BrO2P. The van der Waals surface area contributed by atoms with Crippen molar-refractivity contribution < 1.29 is 9.84 Å². The van der Waals surface area contributed by atoms with Crippen LogP contribution in [0.1, 0.15) is 13.3 Å². The van der Waals surface area contributed by atoms with Crippen molar-refractivity contribution in [3.8, 4) is 0 Å². The molecule has 1 saturated heterocycles. The second-order valence-electron chi connectivity index (χ2n) is 4.76. The molecule has 84 valence electrons. The molecule has 14 heavy (non-hydrogen) atoms. The molecule has 4 heteroatoms. The Morgan fingerprint density at radius 2 is 2.07 bits per heavy atom. The Morgan fingerprint density at radius 1 is 1.50 bits per heavy atom. The molecule has 1 heterocycles. The zero-order valence-corrected chi connectivity index (χ0v) is 11.6. The van der Waals surface area contributed by atoms with Crippen LogP contribution >= 0.6 is 22.8 Å². The molecule has 0 aliphatic carbocycles. The third kappa shape index (κ3) is 3.37. The van der Waals surface area contributed by atoms with Gasteiger partial charge in [-0.25, -0.2) is 0 Å². The SMILES string of the molecule is C=P(C)(C)CCC1O[C@@H](C)C(Br)[C@@H]1O. The van der Waals surface area contributed by atoms with E-state index in [9.17, 15) is 5.11 Å². The molecule has 0 bridgehead atoms. The maximum Gasteiger partial charge on any atom is 0.0951 e. The first kappa shape index (κ1) is 12.8. The van der Waals surface area contributed by atoms with E-state index in [1.54, 1.807) is 0 Å². The zero-order valence-electron chi connectivity index (χ0n) is 9.11. The van der Waals surface area contributed by atoms with Crippen LogP contribution in [0, 0.1) is 0 Å². The van der Waals surface area contributed by atoms with Gasteiger partial charge in [0.15, 0.2) is 0 Å². The fourth-order valence-electron chi connectivity index (χ4n) is 1.63. The first-order valence-electron chi connectivity index (χ1n) is 4.96. The number of hydrogen-bond donors (Lipinski definition) is 1. The molecule has 0 aromatic rings. The Morgan fingerprint density at radius 3 is 2.43 bits per heavy atom. The van der Waals surface area contributed by atoms with Gasteiger partial charge in [-0.3, -0.25) is 0 Å². The van der Waals surface area contributed by atoms with E-state index in [4.69, 9.17) is 4.74 Å². The molecular weight excluding hydrogens is 263 g/mol. The molecule has 0 spiro atoms. The lowest BCUT2D eigenvalue weighted by Gasteiger charge is -2.18. The van der Waals surface area contributed by atoms with Gasteiger partial charge in [0.05, 0.1) is 23.1 Å². The van der Waals surface area contributed by atoms with Crippen LogP contribution in [0.5, 0.6) is 0 Å². The third-order valence-corrected chi connectivity index (χ3v) is 5.32. The van der Waals surface area contributed by atoms with Crippen LogP contribution in [0.15, 0.2) is 0 Å². The topological polar surface area (TPSA) is 29.5 Å². The monoisotopic (exact) mass is 282 g/mol. The van der Waals surface area contributed by atoms with E-state index in [1.165, 1.54) is 0 Å². The van der Waals surface area contributed by atoms with Crippen molar-refractivity contribution >= 4 is 29.1 Å². The van der Waals surface area contributed by atoms with Gasteiger partial charge in [-0.1, -0.05) is 15.9 Å². The summed E-state index contributed by atoms with van der Waals surface area (Å²) in [4.78, 5) is 0.0822. The van der Waals surface area contributed by atoms with Crippen molar-refractivity contribution in [2.75, 3.05) is 19.5 Å². The van der Waals surface area contributed by atoms with Gasteiger partial charge in [-0.05, 0) is 32.8 Å². The lowest BCUT2D eigenvalue weighted by molar-refractivity contribution is 0.0150. The summed E-state index contributed by atoms with van der Waals surface area (Å²) in [6.07, 6.45) is 5.91. The van der Waals surface area contributed by atoms with Gasteiger partial charge < -0.3 is 9.84 Å². The van der Waals surface area contributed by atoms with Gasteiger partial charge in [-0.2, -0.15) is 0 Å². The summed E-state index contributed by atoms with van der Waals surface area (Å²) in [5.41, 5.74) is 0. The highest BCUT2D eigenvalue weighted by Gasteiger charge is 2.39. The minimum absolute atomic E-state index is 0.00426. The second-order valence-corrected chi connectivity index (χ2v) is 10.1. The fraction of sp³-hybridized carbons (Fsp3) is 0.900. The average Bonchev–Trinajstić information content (AvgIpc) is 2.28. The largest absolute Gasteiger partial charge is 0.389 e. The number of hydrogen-bond acceptors (Lipinski definition) is 2. The van der Waals surface area contributed by atoms with E-state index in [0.717, 1.165) is 12.6 Å². The van der Waals surface area contributed by atoms with Crippen LogP contribution < -0.4 is 0 Å². The number of halogens is 1. The predicted molar refractivity (Wildman–Crippen MR) is 68.4 cm³/mol. The number of rotatable bonds is 3. The summed E-state index contributed by atoms with van der Waals surface area (Å²) in [5.74, 6) is 0. The van der Waals surface area contributed by atoms with Crippen LogP contribution in [0.3, 0.4) is 0 Å². The quantitative estimate of drug-likeness (QED) is 0.634. The van der Waals surface area contributed by atoms with Crippen LogP contribution in [0.25, 0.3) is 0 Å². The Labute approximate surface area is 95.1 Å². The predicted octanol–water partition coefficient (Wildman–Crippen LogP) is 2.00. The minimum atomic E-state index is -0.991. The summed E-state index contributed by atoms with van der Waals surface area (Å²) in [6, 6.07) is 0. The normalized spacial score (nSPS) is 38.9. The van der Waals surface area contributed by atoms with Gasteiger partial charge in [-0.15, -0.1) is 13.2 Å². The van der Waals surface area contributed by atoms with Crippen molar-refractivity contribution in [3.63, 3.8) is 0 Å². The zero-order chi connectivity index (χ0) is 10.9. The highest BCUT2D eigenvalue weighted by molar-refractivity contribution is 9.09. The average molecular weight is 283 g/mol. The van der Waals surface area contributed by atoms with Crippen molar-refractivity contribution in [3.05, 3.63) is 0 Å². The van der Waals surface area contributed by atoms with Crippen molar-refractivity contribution in [2.24, 2.45) is 0 Å². The van der Waals surface area contributed by atoms with Gasteiger partial charge in [0, 0.05) is 0 Å². The Kier molecular flexibility index (Phi) is 4.28. The maximum absolute atomic E-state index is 9.84. The Hall–Kier alpha value is 0.700. The van der Waals surface area contributed by atoms with E-state index < -0.39 is 6.89 Å². The summed E-state index contributed by atoms with van der Waals surface area (Å²) >= 11 is 3.45. The molecule has 1 N–H and O–H groups in total. The number of ether oxygens (including phenoxy) is 1. The summed E-state index contributed by atoms with van der Waals surface area (Å²) in [7, 11) is 0. The van der Waals surface area contributed by atoms with Crippen LogP contribution in [0.2, 0.25) is 0 Å². The molecule has 0 aromatic carbocycles. The van der Waals surface area contributed by atoms with E-state index >= 15 is 0 Å². The van der Waals surface area contributed by atoms with Gasteiger partial charge in [0.1, 0.15) is 0 Å². The Bertz CT molecular complexity index is 238. The highest BCUT2D eigenvalue weighted by atomic mass is 79.9. The molecule has 0 saturated carbocycles. The van der Waals surface area contributed by atoms with Crippen LogP contribution in [0.4, 0.5) is 0 Å². The van der Waals surface area contributed by atoms with Crippen LogP contribution in [-0.2, 0) is 4.74 Å². The summed E-state index contributed by atoms with van der Waals surface area (Å²) in [6.45, 7) is 5.43. The molecule has 0 radical (unpaired) electrons. The first-order chi connectivity index (χ1) is 6.31. The van der Waals surface area contributed by atoms with Crippen molar-refractivity contribution in [2.45, 2.75) is 36.5 Å². The standard InChI is InChI=1S/C10H20BrO2P/c1-7-9(11)10(12)8(13-7)5-6-14(2,3)4/h7-10,12H,2,5-6H2,1,3-4H3/t7-,8?,9?,10+/m0/s1. The lowest BCUT2D eigenvalue weighted by Crippen LogP contribution is -2.27. The fourth-order valence-corrected chi connectivity index (χ4v) is 3.05. The third-order valence-electron chi connectivity index (χ3n) is 2.56. The molecule has 1 fully saturated rings. The summed E-state index contributed by atoms with van der Waals surface area (Å²) in [5, 5.41) is 9.84. The van der Waals surface area contributed by atoms with Gasteiger partial charge in [0.2, 0.25) is 0 Å². The van der Waals surface area contributed by atoms with Crippen LogP contribution in [-0.4, -0.2) is 54.0 Å². The molecule has 1 rings (SSSR count). The van der Waals surface area contributed by atoms with E-state index in [0.29, 0.717) is 0 Å². The molecule has 0 amide bonds. The number of alkyl halides is 1. The van der Waals surface area contributed by atoms with Gasteiger partial charge >= 0.3 is 0 Å². The lowest BCUT2D eigenvalue weighted by atomic mass is 10.1. The Balaban J connectivity index is 2.44. The first-order valence-corrected chi connectivity index (χ1v) is 8.93. The van der Waals surface area contributed by atoms with Crippen molar-refractivity contribution in [1.29, 1.82) is 0 Å². The number of aliphatic hydroxyl groups excluding tert-OH is 1.